The van der Waals surface area contributed by atoms with E-state index in [9.17, 15) is 0 Å². The number of rotatable bonds is 3. The van der Waals surface area contributed by atoms with Crippen molar-refractivity contribution in [1.29, 1.82) is 0 Å². The summed E-state index contributed by atoms with van der Waals surface area (Å²) in [5.41, 5.74) is 0. The number of aromatic nitrogens is 2. The van der Waals surface area contributed by atoms with Gasteiger partial charge in [0.2, 0.25) is 0 Å². The summed E-state index contributed by atoms with van der Waals surface area (Å²) in [7, 11) is 0. The Morgan fingerprint density at radius 3 is 2.80 bits per heavy atom. The Balaban J connectivity index is 1.75. The molecule has 2 heterocycles. The lowest BCUT2D eigenvalue weighted by Crippen LogP contribution is -2.42. The van der Waals surface area contributed by atoms with E-state index in [1.807, 2.05) is 6.92 Å². The number of hydrogen-bond donors (Lipinski definition) is 1. The molecule has 2 unspecified atom stereocenters. The predicted octanol–water partition coefficient (Wildman–Crippen LogP) is 3.23. The lowest BCUT2D eigenvalue weighted by Gasteiger charge is -2.41. The van der Waals surface area contributed by atoms with E-state index in [1.165, 1.54) is 38.6 Å². The van der Waals surface area contributed by atoms with Crippen LogP contribution in [-0.4, -0.2) is 29.6 Å². The first-order valence-corrected chi connectivity index (χ1v) is 8.10. The number of piperidine rings is 1. The highest BCUT2D eigenvalue weighted by molar-refractivity contribution is 5.49. The second kappa shape index (κ2) is 5.98. The van der Waals surface area contributed by atoms with Gasteiger partial charge < -0.3 is 10.2 Å². The number of anilines is 2. The molecule has 20 heavy (non-hydrogen) atoms. The van der Waals surface area contributed by atoms with E-state index in [4.69, 9.17) is 0 Å². The van der Waals surface area contributed by atoms with Crippen molar-refractivity contribution in [3.63, 3.8) is 0 Å². The molecule has 4 nitrogen and oxygen atoms in total. The van der Waals surface area contributed by atoms with Crippen molar-refractivity contribution in [2.75, 3.05) is 29.9 Å². The lowest BCUT2D eigenvalue weighted by atomic mass is 9.75. The zero-order chi connectivity index (χ0) is 13.9. The maximum absolute atomic E-state index is 4.65. The fourth-order valence-corrected chi connectivity index (χ4v) is 3.79. The molecule has 2 aliphatic rings. The average molecular weight is 274 g/mol. The summed E-state index contributed by atoms with van der Waals surface area (Å²) in [6.45, 7) is 7.33. The smallest absolute Gasteiger partial charge is 0.134 e. The first kappa shape index (κ1) is 13.7. The van der Waals surface area contributed by atoms with Crippen molar-refractivity contribution >= 4 is 11.6 Å². The second-order valence-corrected chi connectivity index (χ2v) is 6.23. The molecule has 3 rings (SSSR count). The Labute approximate surface area is 122 Å². The van der Waals surface area contributed by atoms with Gasteiger partial charge in [-0.15, -0.1) is 0 Å². The molecule has 0 radical (unpaired) electrons. The van der Waals surface area contributed by atoms with Crippen LogP contribution in [-0.2, 0) is 0 Å². The van der Waals surface area contributed by atoms with E-state index in [0.717, 1.165) is 42.4 Å². The Bertz CT molecular complexity index is 460. The zero-order valence-electron chi connectivity index (χ0n) is 12.7. The van der Waals surface area contributed by atoms with Crippen LogP contribution in [0.1, 0.15) is 44.9 Å². The van der Waals surface area contributed by atoms with Crippen LogP contribution < -0.4 is 10.2 Å². The molecular weight excluding hydrogens is 248 g/mol. The highest BCUT2D eigenvalue weighted by Gasteiger charge is 2.31. The van der Waals surface area contributed by atoms with Crippen LogP contribution in [0.3, 0.4) is 0 Å². The summed E-state index contributed by atoms with van der Waals surface area (Å²) >= 11 is 0. The third-order valence-electron chi connectivity index (χ3n) is 4.80. The van der Waals surface area contributed by atoms with E-state index in [0.29, 0.717) is 0 Å². The minimum absolute atomic E-state index is 0.865. The minimum Gasteiger partial charge on any atom is -0.370 e. The molecule has 2 fully saturated rings. The van der Waals surface area contributed by atoms with Crippen LogP contribution >= 0.6 is 0 Å². The molecule has 0 aromatic carbocycles. The van der Waals surface area contributed by atoms with Crippen LogP contribution in [0.5, 0.6) is 0 Å². The normalized spacial score (nSPS) is 26.2. The van der Waals surface area contributed by atoms with Gasteiger partial charge in [-0.1, -0.05) is 19.3 Å². The SMILES string of the molecule is CCNc1cc(N2CCC3CCCCC3C2)nc(C)n1. The van der Waals surface area contributed by atoms with Crippen LogP contribution in [0.25, 0.3) is 0 Å². The molecule has 110 valence electrons. The number of hydrogen-bond acceptors (Lipinski definition) is 4. The molecule has 1 aromatic heterocycles. The van der Waals surface area contributed by atoms with Crippen LogP contribution in [0, 0.1) is 18.8 Å². The Hall–Kier alpha value is -1.32. The standard InChI is InChI=1S/C16H26N4/c1-3-17-15-10-16(19-12(2)18-15)20-9-8-13-6-4-5-7-14(13)11-20/h10,13-14H,3-9,11H2,1-2H3,(H,17,18,19). The number of nitrogens with zero attached hydrogens (tertiary/aromatic N) is 3. The number of aryl methyl sites for hydroxylation is 1. The highest BCUT2D eigenvalue weighted by atomic mass is 15.2. The third-order valence-corrected chi connectivity index (χ3v) is 4.80. The predicted molar refractivity (Wildman–Crippen MR) is 83.2 cm³/mol. The van der Waals surface area contributed by atoms with Crippen LogP contribution in [0.15, 0.2) is 6.07 Å². The van der Waals surface area contributed by atoms with Crippen molar-refractivity contribution in [2.45, 2.75) is 46.0 Å². The van der Waals surface area contributed by atoms with Crippen molar-refractivity contribution in [1.82, 2.24) is 9.97 Å². The van der Waals surface area contributed by atoms with Gasteiger partial charge in [-0.05, 0) is 38.5 Å². The van der Waals surface area contributed by atoms with E-state index in [2.05, 4.69) is 33.2 Å². The van der Waals surface area contributed by atoms with Gasteiger partial charge in [0.25, 0.3) is 0 Å². The molecule has 1 aliphatic carbocycles. The first-order chi connectivity index (χ1) is 9.76. The summed E-state index contributed by atoms with van der Waals surface area (Å²) < 4.78 is 0. The van der Waals surface area contributed by atoms with Crippen LogP contribution in [0.4, 0.5) is 11.6 Å². The molecule has 1 N–H and O–H groups in total. The van der Waals surface area contributed by atoms with E-state index >= 15 is 0 Å². The Morgan fingerprint density at radius 1 is 1.20 bits per heavy atom. The van der Waals surface area contributed by atoms with Gasteiger partial charge in [0.1, 0.15) is 17.5 Å². The number of nitrogens with one attached hydrogen (secondary N) is 1. The summed E-state index contributed by atoms with van der Waals surface area (Å²) in [4.78, 5) is 11.6. The topological polar surface area (TPSA) is 41.0 Å². The molecule has 1 aromatic rings. The number of fused-ring (bicyclic) bond motifs is 1. The van der Waals surface area contributed by atoms with Gasteiger partial charge in [-0.25, -0.2) is 9.97 Å². The monoisotopic (exact) mass is 274 g/mol. The molecule has 0 bridgehead atoms. The molecule has 0 spiro atoms. The van der Waals surface area contributed by atoms with E-state index in [1.54, 1.807) is 0 Å². The summed E-state index contributed by atoms with van der Waals surface area (Å²) in [5, 5.41) is 3.31. The summed E-state index contributed by atoms with van der Waals surface area (Å²) in [5.74, 6) is 4.79. The van der Waals surface area contributed by atoms with Crippen LogP contribution in [0.2, 0.25) is 0 Å². The average Bonchev–Trinajstić information content (AvgIpc) is 2.46. The van der Waals surface area contributed by atoms with Crippen molar-refractivity contribution < 1.29 is 0 Å². The minimum atomic E-state index is 0.865. The van der Waals surface area contributed by atoms with Crippen molar-refractivity contribution in [3.8, 4) is 0 Å². The van der Waals surface area contributed by atoms with Crippen molar-refractivity contribution in [3.05, 3.63) is 11.9 Å². The van der Waals surface area contributed by atoms with Gasteiger partial charge in [-0.3, -0.25) is 0 Å². The van der Waals surface area contributed by atoms with Gasteiger partial charge >= 0.3 is 0 Å². The largest absolute Gasteiger partial charge is 0.370 e. The summed E-state index contributed by atoms with van der Waals surface area (Å²) in [6, 6.07) is 2.11. The van der Waals surface area contributed by atoms with Gasteiger partial charge in [0.15, 0.2) is 0 Å². The van der Waals surface area contributed by atoms with Crippen molar-refractivity contribution in [2.24, 2.45) is 11.8 Å². The van der Waals surface area contributed by atoms with E-state index in [-0.39, 0.29) is 0 Å². The molecule has 0 amide bonds. The second-order valence-electron chi connectivity index (χ2n) is 6.23. The first-order valence-electron chi connectivity index (χ1n) is 8.10. The third kappa shape index (κ3) is 2.89. The highest BCUT2D eigenvalue weighted by Crippen LogP contribution is 2.37. The maximum Gasteiger partial charge on any atom is 0.134 e. The Morgan fingerprint density at radius 2 is 2.00 bits per heavy atom. The van der Waals surface area contributed by atoms with E-state index < -0.39 is 0 Å². The molecule has 1 saturated heterocycles. The van der Waals surface area contributed by atoms with Gasteiger partial charge in [0, 0.05) is 25.7 Å². The Kier molecular flexibility index (Phi) is 4.08. The fourth-order valence-electron chi connectivity index (χ4n) is 3.79. The van der Waals surface area contributed by atoms with Gasteiger partial charge in [-0.2, -0.15) is 0 Å². The maximum atomic E-state index is 4.65. The quantitative estimate of drug-likeness (QED) is 0.918. The molecule has 1 saturated carbocycles. The molecule has 2 atom stereocenters. The molecule has 4 heteroatoms. The molecule has 1 aliphatic heterocycles. The van der Waals surface area contributed by atoms with Gasteiger partial charge in [0.05, 0.1) is 0 Å². The lowest BCUT2D eigenvalue weighted by molar-refractivity contribution is 0.202. The fraction of sp³-hybridized carbons (Fsp3) is 0.750. The summed E-state index contributed by atoms with van der Waals surface area (Å²) in [6.07, 6.45) is 7.05. The molecular formula is C16H26N4. The zero-order valence-corrected chi connectivity index (χ0v) is 12.7.